The summed E-state index contributed by atoms with van der Waals surface area (Å²) in [4.78, 5) is 15.5. The zero-order valence-corrected chi connectivity index (χ0v) is 25.2. The molecule has 0 amide bonds. The average molecular weight is 581 g/mol. The van der Waals surface area contributed by atoms with Gasteiger partial charge in [-0.3, -0.25) is 10.1 Å². The lowest BCUT2D eigenvalue weighted by molar-refractivity contribution is -0.591. The van der Waals surface area contributed by atoms with Crippen LogP contribution in [0.15, 0.2) is 35.4 Å². The van der Waals surface area contributed by atoms with Crippen molar-refractivity contribution in [3.05, 3.63) is 51.1 Å². The monoisotopic (exact) mass is 580 g/mol. The number of allylic oxidation sites excluding steroid dienone is 1. The van der Waals surface area contributed by atoms with E-state index in [1.807, 2.05) is 0 Å². The number of hydrogen-bond donors (Lipinski definition) is 2. The standard InChI is InChI=1S/C34H48N2O6/c1-31-22-27(24-6-8-25(9-7-24)35-17-3-2-4-18-35)30-26(28(31)11-15-33(31,36(39)40)13-5-19-37)10-14-32(38)23-34(16-12-29(30)32)41-20-21-42-34/h6-9,26-28,37-38H,2-5,10-23H2,1H3/t26-,27+,28-,31-,32+,33+/m0/s1. The maximum Gasteiger partial charge on any atom is 0.227 e. The number of hydrogen-bond acceptors (Lipinski definition) is 7. The minimum absolute atomic E-state index is 0.0185. The van der Waals surface area contributed by atoms with Gasteiger partial charge in [0.1, 0.15) is 0 Å². The zero-order chi connectivity index (χ0) is 29.2. The minimum Gasteiger partial charge on any atom is -0.396 e. The Morgan fingerprint density at radius 2 is 1.79 bits per heavy atom. The van der Waals surface area contributed by atoms with E-state index in [2.05, 4.69) is 36.1 Å². The topological polar surface area (TPSA) is 105 Å². The summed E-state index contributed by atoms with van der Waals surface area (Å²) in [6.45, 7) is 5.51. The molecule has 7 rings (SSSR count). The molecule has 0 unspecified atom stereocenters. The lowest BCUT2D eigenvalue weighted by Gasteiger charge is -2.56. The molecule has 1 spiro atoms. The number of anilines is 1. The average Bonchev–Trinajstić information content (AvgIpc) is 3.57. The van der Waals surface area contributed by atoms with E-state index in [1.165, 1.54) is 41.7 Å². The quantitative estimate of drug-likeness (QED) is 0.251. The Morgan fingerprint density at radius 3 is 2.48 bits per heavy atom. The molecule has 2 heterocycles. The summed E-state index contributed by atoms with van der Waals surface area (Å²) in [5.41, 5.74) is 2.54. The van der Waals surface area contributed by atoms with Crippen molar-refractivity contribution in [2.75, 3.05) is 37.8 Å². The molecule has 0 aromatic heterocycles. The Bertz CT molecular complexity index is 1220. The van der Waals surface area contributed by atoms with Crippen molar-refractivity contribution in [2.45, 2.75) is 113 Å². The summed E-state index contributed by atoms with van der Waals surface area (Å²) < 4.78 is 12.2. The fourth-order valence-corrected chi connectivity index (χ4v) is 10.6. The van der Waals surface area contributed by atoms with Gasteiger partial charge in [0.25, 0.3) is 0 Å². The summed E-state index contributed by atoms with van der Waals surface area (Å²) in [6, 6.07) is 9.03. The van der Waals surface area contributed by atoms with Crippen LogP contribution in [0.1, 0.15) is 102 Å². The van der Waals surface area contributed by atoms with E-state index < -0.39 is 22.3 Å². The summed E-state index contributed by atoms with van der Waals surface area (Å²) in [7, 11) is 0. The molecule has 42 heavy (non-hydrogen) atoms. The molecule has 0 bridgehead atoms. The molecule has 230 valence electrons. The van der Waals surface area contributed by atoms with E-state index >= 15 is 0 Å². The van der Waals surface area contributed by atoms with Crippen LogP contribution in [0.3, 0.4) is 0 Å². The number of nitrogens with zero attached hydrogens (tertiary/aromatic N) is 2. The molecule has 0 radical (unpaired) electrons. The third-order valence-electron chi connectivity index (χ3n) is 12.7. The van der Waals surface area contributed by atoms with Crippen molar-refractivity contribution >= 4 is 5.69 Å². The van der Waals surface area contributed by atoms with E-state index in [1.54, 1.807) is 0 Å². The van der Waals surface area contributed by atoms with Crippen LogP contribution >= 0.6 is 0 Å². The van der Waals surface area contributed by atoms with E-state index in [-0.39, 0.29) is 29.3 Å². The molecule has 2 N–H and O–H groups in total. The molecule has 1 aromatic carbocycles. The van der Waals surface area contributed by atoms with Crippen LogP contribution in [-0.2, 0) is 9.47 Å². The minimum atomic E-state index is -1.03. The van der Waals surface area contributed by atoms with Crippen molar-refractivity contribution in [1.82, 2.24) is 0 Å². The number of rotatable bonds is 6. The van der Waals surface area contributed by atoms with Crippen LogP contribution in [-0.4, -0.2) is 65.0 Å². The largest absolute Gasteiger partial charge is 0.396 e. The molecule has 2 aliphatic heterocycles. The summed E-state index contributed by atoms with van der Waals surface area (Å²) >= 11 is 0. The van der Waals surface area contributed by atoms with Gasteiger partial charge in [-0.2, -0.15) is 0 Å². The highest BCUT2D eigenvalue weighted by Crippen LogP contribution is 2.69. The van der Waals surface area contributed by atoms with Crippen LogP contribution < -0.4 is 4.90 Å². The number of nitro groups is 1. The van der Waals surface area contributed by atoms with Crippen molar-refractivity contribution in [1.29, 1.82) is 0 Å². The number of benzene rings is 1. The lowest BCUT2D eigenvalue weighted by atomic mass is 9.49. The first-order valence-electron chi connectivity index (χ1n) is 16.6. The van der Waals surface area contributed by atoms with Crippen LogP contribution in [0.4, 0.5) is 5.69 Å². The van der Waals surface area contributed by atoms with Crippen molar-refractivity contribution in [3.8, 4) is 0 Å². The van der Waals surface area contributed by atoms with Gasteiger partial charge in [0, 0.05) is 67.3 Å². The van der Waals surface area contributed by atoms with E-state index in [9.17, 15) is 20.3 Å². The smallest absolute Gasteiger partial charge is 0.227 e. The molecule has 4 aliphatic carbocycles. The van der Waals surface area contributed by atoms with E-state index in [4.69, 9.17) is 9.47 Å². The molecule has 8 nitrogen and oxygen atoms in total. The molecular formula is C34H48N2O6. The Balaban J connectivity index is 1.32. The molecule has 5 fully saturated rings. The number of ether oxygens (including phenoxy) is 2. The lowest BCUT2D eigenvalue weighted by Crippen LogP contribution is -2.57. The van der Waals surface area contributed by atoms with Crippen LogP contribution in [0.2, 0.25) is 0 Å². The summed E-state index contributed by atoms with van der Waals surface area (Å²) in [5, 5.41) is 35.0. The van der Waals surface area contributed by atoms with Gasteiger partial charge in [-0.05, 0) is 92.9 Å². The van der Waals surface area contributed by atoms with Gasteiger partial charge in [-0.15, -0.1) is 0 Å². The van der Waals surface area contributed by atoms with Gasteiger partial charge < -0.3 is 24.6 Å². The predicted molar refractivity (Wildman–Crippen MR) is 160 cm³/mol. The Kier molecular flexibility index (Phi) is 7.23. The number of piperidine rings is 1. The summed E-state index contributed by atoms with van der Waals surface area (Å²) in [5.74, 6) is -0.230. The normalized spacial score (nSPS) is 39.2. The first-order valence-corrected chi connectivity index (χ1v) is 16.6. The fraction of sp³-hybridized carbons (Fsp3) is 0.765. The number of fused-ring (bicyclic) bond motifs is 4. The third kappa shape index (κ3) is 4.30. The van der Waals surface area contributed by atoms with Crippen LogP contribution in [0.25, 0.3) is 0 Å². The molecule has 1 aromatic rings. The van der Waals surface area contributed by atoms with Crippen molar-refractivity contribution in [2.24, 2.45) is 17.3 Å². The van der Waals surface area contributed by atoms with Crippen molar-refractivity contribution in [3.63, 3.8) is 0 Å². The van der Waals surface area contributed by atoms with Gasteiger partial charge in [0.05, 0.1) is 18.8 Å². The highest BCUT2D eigenvalue weighted by Gasteiger charge is 2.70. The Hall–Kier alpha value is -2.00. The van der Waals surface area contributed by atoms with Gasteiger partial charge >= 0.3 is 0 Å². The van der Waals surface area contributed by atoms with Gasteiger partial charge in [0.15, 0.2) is 5.79 Å². The molecule has 3 saturated carbocycles. The summed E-state index contributed by atoms with van der Waals surface area (Å²) in [6.07, 6.45) is 10.2. The second-order valence-corrected chi connectivity index (χ2v) is 14.5. The Morgan fingerprint density at radius 1 is 1.05 bits per heavy atom. The number of aliphatic hydroxyl groups excluding tert-OH is 1. The SMILES string of the molecule is C[C@]12C[C@H](c3ccc(N4CCCCC4)cc3)C3=C4CCC5(C[C@]4(O)CC[C@H]3[C@@H]1CC[C@@]2(CCCO)[N+](=O)[O-])OCCO5. The van der Waals surface area contributed by atoms with E-state index in [0.29, 0.717) is 51.7 Å². The second-order valence-electron chi connectivity index (χ2n) is 14.5. The first kappa shape index (κ1) is 28.8. The molecule has 6 aliphatic rings. The highest BCUT2D eigenvalue weighted by molar-refractivity contribution is 5.51. The number of aliphatic hydroxyl groups is 2. The maximum atomic E-state index is 13.0. The van der Waals surface area contributed by atoms with E-state index in [0.717, 1.165) is 38.8 Å². The second kappa shape index (κ2) is 10.6. The predicted octanol–water partition coefficient (Wildman–Crippen LogP) is 5.73. The molecule has 6 atom stereocenters. The van der Waals surface area contributed by atoms with Crippen LogP contribution in [0.5, 0.6) is 0 Å². The molecule has 2 saturated heterocycles. The first-order chi connectivity index (χ1) is 20.2. The Labute approximate surface area is 249 Å². The molecule has 8 heteroatoms. The maximum absolute atomic E-state index is 13.0. The molecular weight excluding hydrogens is 532 g/mol. The van der Waals surface area contributed by atoms with Gasteiger partial charge in [-0.25, -0.2) is 0 Å². The zero-order valence-electron chi connectivity index (χ0n) is 25.2. The van der Waals surface area contributed by atoms with Gasteiger partial charge in [-0.1, -0.05) is 24.6 Å². The van der Waals surface area contributed by atoms with Crippen molar-refractivity contribution < 1.29 is 24.6 Å². The fourth-order valence-electron chi connectivity index (χ4n) is 10.6. The van der Waals surface area contributed by atoms with Crippen LogP contribution in [0, 0.1) is 27.4 Å². The highest BCUT2D eigenvalue weighted by atomic mass is 16.7. The van der Waals surface area contributed by atoms with Gasteiger partial charge in [0.2, 0.25) is 5.54 Å². The third-order valence-corrected chi connectivity index (χ3v) is 12.7.